The molecule has 0 atom stereocenters. The van der Waals surface area contributed by atoms with Gasteiger partial charge in [-0.3, -0.25) is 4.79 Å². The fraction of sp³-hybridized carbons (Fsp3) is 0.364. The SMILES string of the molecule is CC1(C)CC(=O)Nc2c(Cl)c(Br)cc(Cl)c2O1. The van der Waals surface area contributed by atoms with E-state index < -0.39 is 5.60 Å². The van der Waals surface area contributed by atoms with Gasteiger partial charge in [-0.05, 0) is 35.8 Å². The van der Waals surface area contributed by atoms with Crippen LogP contribution in [0.5, 0.6) is 5.75 Å². The Morgan fingerprint density at radius 1 is 1.47 bits per heavy atom. The molecule has 1 heterocycles. The maximum Gasteiger partial charge on any atom is 0.228 e. The molecule has 1 N–H and O–H groups in total. The summed E-state index contributed by atoms with van der Waals surface area (Å²) in [5.41, 5.74) is -0.197. The number of hydrogen-bond acceptors (Lipinski definition) is 2. The number of hydrogen-bond donors (Lipinski definition) is 1. The van der Waals surface area contributed by atoms with Gasteiger partial charge in [0.05, 0.1) is 16.5 Å². The highest BCUT2D eigenvalue weighted by molar-refractivity contribution is 9.10. The number of anilines is 1. The Morgan fingerprint density at radius 2 is 2.12 bits per heavy atom. The fourth-order valence-corrected chi connectivity index (χ4v) is 2.66. The van der Waals surface area contributed by atoms with E-state index in [2.05, 4.69) is 21.2 Å². The zero-order chi connectivity index (χ0) is 12.8. The first-order valence-corrected chi connectivity index (χ1v) is 6.51. The Kier molecular flexibility index (Phi) is 3.31. The molecule has 1 aromatic rings. The minimum absolute atomic E-state index is 0.148. The van der Waals surface area contributed by atoms with E-state index in [9.17, 15) is 4.79 Å². The highest BCUT2D eigenvalue weighted by Crippen LogP contribution is 2.46. The van der Waals surface area contributed by atoms with Crippen molar-refractivity contribution in [2.75, 3.05) is 5.32 Å². The normalized spacial score (nSPS) is 17.8. The summed E-state index contributed by atoms with van der Waals surface area (Å²) in [4.78, 5) is 11.7. The van der Waals surface area contributed by atoms with Gasteiger partial charge in [0.1, 0.15) is 11.3 Å². The number of benzene rings is 1. The van der Waals surface area contributed by atoms with Crippen LogP contribution in [0.4, 0.5) is 5.69 Å². The van der Waals surface area contributed by atoms with Crippen LogP contribution in [-0.4, -0.2) is 11.5 Å². The van der Waals surface area contributed by atoms with Gasteiger partial charge in [-0.15, -0.1) is 0 Å². The third-order valence-corrected chi connectivity index (χ3v) is 3.88. The monoisotopic (exact) mass is 337 g/mol. The summed E-state index contributed by atoms with van der Waals surface area (Å²) < 4.78 is 6.38. The third kappa shape index (κ3) is 2.54. The van der Waals surface area contributed by atoms with Gasteiger partial charge in [0.15, 0.2) is 5.75 Å². The van der Waals surface area contributed by atoms with E-state index in [-0.39, 0.29) is 12.3 Å². The third-order valence-electron chi connectivity index (χ3n) is 2.36. The van der Waals surface area contributed by atoms with Crippen molar-refractivity contribution in [3.63, 3.8) is 0 Å². The second-order valence-electron chi connectivity index (χ2n) is 4.45. The van der Waals surface area contributed by atoms with Crippen molar-refractivity contribution in [2.24, 2.45) is 0 Å². The molecule has 0 spiro atoms. The first-order valence-electron chi connectivity index (χ1n) is 4.96. The number of carbonyl (C=O) groups excluding carboxylic acids is 1. The maximum atomic E-state index is 11.7. The summed E-state index contributed by atoms with van der Waals surface area (Å²) >= 11 is 15.5. The molecule has 0 unspecified atom stereocenters. The Hall–Kier alpha value is -0.450. The van der Waals surface area contributed by atoms with Crippen molar-refractivity contribution in [3.05, 3.63) is 20.6 Å². The summed E-state index contributed by atoms with van der Waals surface area (Å²) in [7, 11) is 0. The molecule has 0 saturated carbocycles. The molecule has 92 valence electrons. The zero-order valence-electron chi connectivity index (χ0n) is 9.23. The van der Waals surface area contributed by atoms with Crippen molar-refractivity contribution in [2.45, 2.75) is 25.9 Å². The van der Waals surface area contributed by atoms with E-state index in [1.165, 1.54) is 0 Å². The first kappa shape index (κ1) is 13.0. The van der Waals surface area contributed by atoms with Crippen LogP contribution in [0.2, 0.25) is 10.0 Å². The van der Waals surface area contributed by atoms with Crippen LogP contribution >= 0.6 is 39.1 Å². The molecular weight excluding hydrogens is 329 g/mol. The second-order valence-corrected chi connectivity index (χ2v) is 6.08. The minimum Gasteiger partial charge on any atom is -0.484 e. The lowest BCUT2D eigenvalue weighted by Crippen LogP contribution is -2.30. The Bertz CT molecular complexity index is 503. The highest BCUT2D eigenvalue weighted by atomic mass is 79.9. The molecule has 2 rings (SSSR count). The molecule has 0 aliphatic carbocycles. The summed E-state index contributed by atoms with van der Waals surface area (Å²) in [5, 5.41) is 3.51. The number of carbonyl (C=O) groups is 1. The number of rotatable bonds is 0. The van der Waals surface area contributed by atoms with E-state index >= 15 is 0 Å². The maximum absolute atomic E-state index is 11.7. The van der Waals surface area contributed by atoms with Gasteiger partial charge in [0, 0.05) is 4.47 Å². The molecule has 1 aliphatic rings. The molecule has 0 radical (unpaired) electrons. The predicted octanol–water partition coefficient (Wildman–Crippen LogP) is 4.26. The standard InChI is InChI=1S/C11H10BrCl2NO2/c1-11(2)4-7(16)15-9-8(14)5(12)3-6(13)10(9)17-11/h3H,4H2,1-2H3,(H,15,16). The predicted molar refractivity (Wildman–Crippen MR) is 72.1 cm³/mol. The highest BCUT2D eigenvalue weighted by Gasteiger charge is 2.32. The molecule has 0 bridgehead atoms. The van der Waals surface area contributed by atoms with Crippen LogP contribution < -0.4 is 10.1 Å². The average molecular weight is 339 g/mol. The van der Waals surface area contributed by atoms with Gasteiger partial charge in [-0.1, -0.05) is 23.2 Å². The average Bonchev–Trinajstić information content (AvgIpc) is 2.30. The first-order chi connectivity index (χ1) is 7.80. The van der Waals surface area contributed by atoms with Crippen molar-refractivity contribution in [3.8, 4) is 5.75 Å². The fourth-order valence-electron chi connectivity index (χ4n) is 1.67. The van der Waals surface area contributed by atoms with Crippen LogP contribution in [0.3, 0.4) is 0 Å². The number of fused-ring (bicyclic) bond motifs is 1. The molecule has 1 aliphatic heterocycles. The van der Waals surface area contributed by atoms with Gasteiger partial charge in [0.25, 0.3) is 0 Å². The summed E-state index contributed by atoms with van der Waals surface area (Å²) in [5.74, 6) is 0.264. The van der Waals surface area contributed by atoms with Crippen LogP contribution in [0, 0.1) is 0 Å². The van der Waals surface area contributed by atoms with Crippen molar-refractivity contribution in [1.29, 1.82) is 0 Å². The molecule has 17 heavy (non-hydrogen) atoms. The lowest BCUT2D eigenvalue weighted by molar-refractivity contribution is -0.118. The lowest BCUT2D eigenvalue weighted by Gasteiger charge is -2.24. The molecule has 6 heteroatoms. The Morgan fingerprint density at radius 3 is 2.76 bits per heavy atom. The van der Waals surface area contributed by atoms with Gasteiger partial charge in [-0.2, -0.15) is 0 Å². The lowest BCUT2D eigenvalue weighted by atomic mass is 10.1. The Balaban J connectivity index is 2.64. The quantitative estimate of drug-likeness (QED) is 0.718. The van der Waals surface area contributed by atoms with Crippen LogP contribution in [0.15, 0.2) is 10.5 Å². The van der Waals surface area contributed by atoms with Gasteiger partial charge >= 0.3 is 0 Å². The number of ether oxygens (including phenoxy) is 1. The molecule has 1 aromatic carbocycles. The number of amides is 1. The van der Waals surface area contributed by atoms with Crippen LogP contribution in [0.1, 0.15) is 20.3 Å². The molecule has 0 aromatic heterocycles. The second kappa shape index (κ2) is 4.34. The van der Waals surface area contributed by atoms with Gasteiger partial charge in [-0.25, -0.2) is 0 Å². The van der Waals surface area contributed by atoms with Gasteiger partial charge in [0.2, 0.25) is 5.91 Å². The number of halogens is 3. The molecule has 1 amide bonds. The van der Waals surface area contributed by atoms with E-state index in [1.807, 2.05) is 13.8 Å². The molecule has 0 saturated heterocycles. The summed E-state index contributed by atoms with van der Waals surface area (Å²) in [6.45, 7) is 3.65. The topological polar surface area (TPSA) is 38.3 Å². The summed E-state index contributed by atoms with van der Waals surface area (Å²) in [6.07, 6.45) is 0.242. The van der Waals surface area contributed by atoms with Gasteiger partial charge < -0.3 is 10.1 Å². The Labute approximate surface area is 118 Å². The van der Waals surface area contributed by atoms with Crippen LogP contribution in [-0.2, 0) is 4.79 Å². The molecular formula is C11H10BrCl2NO2. The van der Waals surface area contributed by atoms with E-state index in [4.69, 9.17) is 27.9 Å². The number of nitrogens with one attached hydrogen (secondary N) is 1. The van der Waals surface area contributed by atoms with Crippen molar-refractivity contribution in [1.82, 2.24) is 0 Å². The molecule has 0 fully saturated rings. The largest absolute Gasteiger partial charge is 0.484 e. The zero-order valence-corrected chi connectivity index (χ0v) is 12.3. The van der Waals surface area contributed by atoms with Crippen molar-refractivity contribution >= 4 is 50.7 Å². The van der Waals surface area contributed by atoms with E-state index in [0.717, 1.165) is 0 Å². The minimum atomic E-state index is -0.615. The summed E-state index contributed by atoms with van der Waals surface area (Å²) in [6, 6.07) is 1.65. The van der Waals surface area contributed by atoms with Crippen molar-refractivity contribution < 1.29 is 9.53 Å². The smallest absolute Gasteiger partial charge is 0.228 e. The molecule has 3 nitrogen and oxygen atoms in total. The van der Waals surface area contributed by atoms with Crippen LogP contribution in [0.25, 0.3) is 0 Å². The van der Waals surface area contributed by atoms with E-state index in [0.29, 0.717) is 26.0 Å². The van der Waals surface area contributed by atoms with E-state index in [1.54, 1.807) is 6.07 Å².